The van der Waals surface area contributed by atoms with Crippen molar-refractivity contribution < 1.29 is 9.53 Å². The summed E-state index contributed by atoms with van der Waals surface area (Å²) in [5, 5.41) is 6.68. The van der Waals surface area contributed by atoms with E-state index < -0.39 is 10.0 Å². The second kappa shape index (κ2) is 9.67. The maximum absolute atomic E-state index is 11.6. The molecule has 0 fully saturated rings. The highest BCUT2D eigenvalue weighted by atomic mass is 35.6. The van der Waals surface area contributed by atoms with Gasteiger partial charge in [0, 0.05) is 6.42 Å². The van der Waals surface area contributed by atoms with Gasteiger partial charge in [-0.3, -0.25) is 10.2 Å². The fourth-order valence-corrected chi connectivity index (χ4v) is 2.19. The maximum atomic E-state index is 11.6. The first kappa shape index (κ1) is 20.4. The number of nitrogens with one attached hydrogen (secondary N) is 2. The van der Waals surface area contributed by atoms with Crippen LogP contribution in [0.1, 0.15) is 18.9 Å². The highest BCUT2D eigenvalue weighted by molar-refractivity contribution is 6.68. The summed E-state index contributed by atoms with van der Waals surface area (Å²) in [6.45, 7) is 1.70. The summed E-state index contributed by atoms with van der Waals surface area (Å²) in [6, 6.07) is 16.6. The van der Waals surface area contributed by atoms with Gasteiger partial charge in [0.1, 0.15) is 5.75 Å². The zero-order chi connectivity index (χ0) is 19.0. The number of alkyl halides is 3. The van der Waals surface area contributed by atoms with Crippen molar-refractivity contribution >= 4 is 52.6 Å². The van der Waals surface area contributed by atoms with Crippen LogP contribution in [0, 0.1) is 0 Å². The predicted octanol–water partition coefficient (Wildman–Crippen LogP) is 4.73. The van der Waals surface area contributed by atoms with E-state index in [4.69, 9.17) is 39.5 Å². The average molecular weight is 415 g/mol. The van der Waals surface area contributed by atoms with E-state index in [1.54, 1.807) is 37.4 Å². The van der Waals surface area contributed by atoms with E-state index in [-0.39, 0.29) is 12.3 Å². The predicted molar refractivity (Wildman–Crippen MR) is 107 cm³/mol. The van der Waals surface area contributed by atoms with Gasteiger partial charge in [0.15, 0.2) is 0 Å². The molecule has 26 heavy (non-hydrogen) atoms. The number of carbonyl (C=O) groups excluding carboxylic acids is 1. The molecule has 1 amide bonds. The average Bonchev–Trinajstić information content (AvgIpc) is 2.62. The highest BCUT2D eigenvalue weighted by Crippen LogP contribution is 2.32. The number of nitrogens with zero attached hydrogens (tertiary/aromatic N) is 1. The molecule has 0 aromatic heterocycles. The Kier molecular flexibility index (Phi) is 7.57. The number of amides is 1. The molecule has 0 radical (unpaired) electrons. The Hall–Kier alpha value is -1.95. The molecule has 5 nitrogen and oxygen atoms in total. The molecule has 0 saturated carbocycles. The largest absolute Gasteiger partial charge is 0.466 e. The smallest absolute Gasteiger partial charge is 0.246 e. The fraction of sp³-hybridized carbons (Fsp3) is 0.222. The van der Waals surface area contributed by atoms with Crippen molar-refractivity contribution in [1.82, 2.24) is 5.32 Å². The van der Waals surface area contributed by atoms with Crippen molar-refractivity contribution in [1.29, 1.82) is 0 Å². The number of para-hydroxylation sites is 1. The summed E-state index contributed by atoms with van der Waals surface area (Å²) in [7, 11) is 0. The summed E-state index contributed by atoms with van der Waals surface area (Å²) < 4.78 is 3.79. The molecule has 138 valence electrons. The lowest BCUT2D eigenvalue weighted by Crippen LogP contribution is -2.47. The van der Waals surface area contributed by atoms with Gasteiger partial charge in [-0.25, -0.2) is 0 Å². The molecule has 2 aromatic rings. The SMILES string of the molecule is CCC(=O)NC(Oc1ccc(C=NNc2ccccc2)cc1)C(Cl)(Cl)Cl. The van der Waals surface area contributed by atoms with Crippen LogP contribution < -0.4 is 15.5 Å². The van der Waals surface area contributed by atoms with Gasteiger partial charge in [-0.15, -0.1) is 0 Å². The van der Waals surface area contributed by atoms with E-state index in [9.17, 15) is 4.79 Å². The third kappa shape index (κ3) is 6.75. The molecule has 2 aromatic carbocycles. The van der Waals surface area contributed by atoms with Crippen LogP contribution in [0.15, 0.2) is 59.7 Å². The second-order valence-electron chi connectivity index (χ2n) is 5.27. The maximum Gasteiger partial charge on any atom is 0.246 e. The molecule has 0 spiro atoms. The van der Waals surface area contributed by atoms with Crippen LogP contribution in [0.2, 0.25) is 0 Å². The molecule has 0 bridgehead atoms. The van der Waals surface area contributed by atoms with Crippen LogP contribution in [0.5, 0.6) is 5.75 Å². The van der Waals surface area contributed by atoms with Crippen molar-refractivity contribution in [3.63, 3.8) is 0 Å². The molecule has 0 aliphatic rings. The van der Waals surface area contributed by atoms with Crippen molar-refractivity contribution in [3.05, 3.63) is 60.2 Å². The lowest BCUT2D eigenvalue weighted by atomic mass is 10.2. The third-order valence-electron chi connectivity index (χ3n) is 3.23. The van der Waals surface area contributed by atoms with Gasteiger partial charge in [0.25, 0.3) is 0 Å². The molecular formula is C18H18Cl3N3O2. The van der Waals surface area contributed by atoms with Gasteiger partial charge < -0.3 is 10.1 Å². The Morgan fingerprint density at radius 2 is 1.81 bits per heavy atom. The molecule has 0 aliphatic carbocycles. The minimum atomic E-state index is -1.80. The standard InChI is InChI=1S/C18H18Cl3N3O2/c1-2-16(25)23-17(18(19,20)21)26-15-10-8-13(9-11-15)12-22-24-14-6-4-3-5-7-14/h3-12,17,24H,2H2,1H3,(H,23,25). The fourth-order valence-electron chi connectivity index (χ4n) is 1.89. The van der Waals surface area contributed by atoms with Crippen LogP contribution in [-0.2, 0) is 4.79 Å². The molecule has 1 unspecified atom stereocenters. The highest BCUT2D eigenvalue weighted by Gasteiger charge is 2.35. The van der Waals surface area contributed by atoms with E-state index in [0.717, 1.165) is 11.3 Å². The Morgan fingerprint density at radius 1 is 1.15 bits per heavy atom. The molecule has 1 atom stereocenters. The van der Waals surface area contributed by atoms with Gasteiger partial charge in [0.05, 0.1) is 11.9 Å². The summed E-state index contributed by atoms with van der Waals surface area (Å²) in [5.74, 6) is 0.169. The monoisotopic (exact) mass is 413 g/mol. The van der Waals surface area contributed by atoms with E-state index >= 15 is 0 Å². The summed E-state index contributed by atoms with van der Waals surface area (Å²) >= 11 is 17.6. The second-order valence-corrected chi connectivity index (χ2v) is 7.63. The zero-order valence-corrected chi connectivity index (χ0v) is 16.2. The van der Waals surface area contributed by atoms with Gasteiger partial charge in [-0.2, -0.15) is 5.10 Å². The molecular weight excluding hydrogens is 397 g/mol. The number of hydrogen-bond acceptors (Lipinski definition) is 4. The first-order valence-corrected chi connectivity index (χ1v) is 8.99. The van der Waals surface area contributed by atoms with Crippen LogP contribution in [-0.4, -0.2) is 22.1 Å². The van der Waals surface area contributed by atoms with Crippen molar-refractivity contribution in [2.24, 2.45) is 5.10 Å². The number of hydrogen-bond donors (Lipinski definition) is 2. The zero-order valence-electron chi connectivity index (χ0n) is 14.0. The molecule has 2 rings (SSSR count). The van der Waals surface area contributed by atoms with E-state index in [2.05, 4.69) is 15.8 Å². The van der Waals surface area contributed by atoms with Crippen LogP contribution in [0.4, 0.5) is 5.69 Å². The van der Waals surface area contributed by atoms with E-state index in [0.29, 0.717) is 5.75 Å². The van der Waals surface area contributed by atoms with Crippen molar-refractivity contribution in [3.8, 4) is 5.75 Å². The molecule has 8 heteroatoms. The lowest BCUT2D eigenvalue weighted by Gasteiger charge is -2.26. The quantitative estimate of drug-likeness (QED) is 0.298. The molecule has 2 N–H and O–H groups in total. The number of ether oxygens (including phenoxy) is 1. The van der Waals surface area contributed by atoms with Crippen molar-refractivity contribution in [2.45, 2.75) is 23.4 Å². The first-order chi connectivity index (χ1) is 12.4. The van der Waals surface area contributed by atoms with Crippen LogP contribution in [0.3, 0.4) is 0 Å². The number of anilines is 1. The first-order valence-electron chi connectivity index (χ1n) is 7.85. The Labute approximate surface area is 167 Å². The van der Waals surface area contributed by atoms with Crippen LogP contribution >= 0.6 is 34.8 Å². The topological polar surface area (TPSA) is 62.7 Å². The van der Waals surface area contributed by atoms with Crippen molar-refractivity contribution in [2.75, 3.05) is 5.43 Å². The number of hydrazone groups is 1. The van der Waals surface area contributed by atoms with Gasteiger partial charge >= 0.3 is 0 Å². The summed E-state index contributed by atoms with van der Waals surface area (Å²) in [6.07, 6.45) is 0.825. The molecule has 0 saturated heterocycles. The molecule has 0 aliphatic heterocycles. The number of carbonyl (C=O) groups is 1. The number of benzene rings is 2. The van der Waals surface area contributed by atoms with E-state index in [1.807, 2.05) is 30.3 Å². The number of rotatable bonds is 7. The Morgan fingerprint density at radius 3 is 2.38 bits per heavy atom. The molecule has 0 heterocycles. The Balaban J connectivity index is 1.97. The minimum Gasteiger partial charge on any atom is -0.466 e. The van der Waals surface area contributed by atoms with E-state index in [1.165, 1.54) is 0 Å². The van der Waals surface area contributed by atoms with Crippen LogP contribution in [0.25, 0.3) is 0 Å². The normalized spacial score (nSPS) is 12.6. The number of halogens is 3. The minimum absolute atomic E-state index is 0.254. The van der Waals surface area contributed by atoms with Gasteiger partial charge in [0.2, 0.25) is 15.9 Å². The van der Waals surface area contributed by atoms with Gasteiger partial charge in [-0.1, -0.05) is 59.9 Å². The Bertz CT molecular complexity index is 732. The lowest BCUT2D eigenvalue weighted by molar-refractivity contribution is -0.123. The third-order valence-corrected chi connectivity index (χ3v) is 3.82. The van der Waals surface area contributed by atoms with Gasteiger partial charge in [-0.05, 0) is 42.0 Å². The summed E-state index contributed by atoms with van der Waals surface area (Å²) in [4.78, 5) is 11.6. The summed E-state index contributed by atoms with van der Waals surface area (Å²) in [5.41, 5.74) is 4.67.